The van der Waals surface area contributed by atoms with Crippen LogP contribution < -0.4 is 5.32 Å². The molecule has 0 radical (unpaired) electrons. The largest absolute Gasteiger partial charge is 0.349 e. The molecule has 0 aliphatic carbocycles. The Kier molecular flexibility index (Phi) is 1.45. The molecule has 11 heavy (non-hydrogen) atoms. The summed E-state index contributed by atoms with van der Waals surface area (Å²) >= 11 is 3.24. The fourth-order valence-corrected chi connectivity index (χ4v) is 1.54. The van der Waals surface area contributed by atoms with E-state index in [9.17, 15) is 4.79 Å². The lowest BCUT2D eigenvalue weighted by atomic mass is 10.3. The van der Waals surface area contributed by atoms with Crippen LogP contribution in [0.1, 0.15) is 5.69 Å². The van der Waals surface area contributed by atoms with E-state index in [-0.39, 0.29) is 5.91 Å². The molecule has 2 heterocycles. The molecule has 0 aromatic carbocycles. The highest BCUT2D eigenvalue weighted by Crippen LogP contribution is 2.12. The van der Waals surface area contributed by atoms with Crippen molar-refractivity contribution in [1.29, 1.82) is 0 Å². The molecule has 0 spiro atoms. The number of nitrogens with one attached hydrogen (secondary N) is 1. The van der Waals surface area contributed by atoms with Crippen molar-refractivity contribution < 1.29 is 4.79 Å². The lowest BCUT2D eigenvalue weighted by Gasteiger charge is -2.13. The molecule has 4 nitrogen and oxygen atoms in total. The molecule has 1 aliphatic rings. The number of hydrogen-bond donors (Lipinski definition) is 1. The maximum absolute atomic E-state index is 10.8. The summed E-state index contributed by atoms with van der Waals surface area (Å²) in [6.45, 7) is 0.915. The van der Waals surface area contributed by atoms with Crippen molar-refractivity contribution in [3.63, 3.8) is 0 Å². The van der Waals surface area contributed by atoms with Crippen LogP contribution in [-0.4, -0.2) is 15.7 Å². The zero-order chi connectivity index (χ0) is 7.84. The van der Waals surface area contributed by atoms with E-state index >= 15 is 0 Å². The van der Waals surface area contributed by atoms with Crippen LogP contribution in [0.4, 0.5) is 0 Å². The number of fused-ring (bicyclic) bond motifs is 1. The summed E-state index contributed by atoms with van der Waals surface area (Å²) in [7, 11) is 0. The first-order valence-corrected chi connectivity index (χ1v) is 4.04. The molecular weight excluding hydrogens is 210 g/mol. The van der Waals surface area contributed by atoms with Gasteiger partial charge in [-0.05, 0) is 22.0 Å². The van der Waals surface area contributed by atoms with Crippen molar-refractivity contribution in [1.82, 2.24) is 15.1 Å². The second kappa shape index (κ2) is 2.34. The van der Waals surface area contributed by atoms with Gasteiger partial charge in [-0.25, -0.2) is 0 Å². The van der Waals surface area contributed by atoms with Gasteiger partial charge in [-0.15, -0.1) is 0 Å². The second-order valence-electron chi connectivity index (χ2n) is 2.39. The number of carbonyl (C=O) groups is 1. The number of rotatable bonds is 0. The topological polar surface area (TPSA) is 46.9 Å². The van der Waals surface area contributed by atoms with Gasteiger partial charge in [0.05, 0.1) is 12.2 Å². The molecule has 0 saturated heterocycles. The summed E-state index contributed by atoms with van der Waals surface area (Å²) in [6, 6.07) is 1.90. The van der Waals surface area contributed by atoms with Crippen molar-refractivity contribution in [2.45, 2.75) is 13.1 Å². The summed E-state index contributed by atoms with van der Waals surface area (Å²) in [6.07, 6.45) is 0. The Morgan fingerprint density at radius 2 is 2.55 bits per heavy atom. The Balaban J connectivity index is 2.41. The average Bonchev–Trinajstić information content (AvgIpc) is 2.27. The highest BCUT2D eigenvalue weighted by molar-refractivity contribution is 9.10. The second-order valence-corrected chi connectivity index (χ2v) is 3.21. The van der Waals surface area contributed by atoms with Gasteiger partial charge in [0.2, 0.25) is 5.91 Å². The van der Waals surface area contributed by atoms with Crippen LogP contribution in [0.3, 0.4) is 0 Å². The Morgan fingerprint density at radius 3 is 3.36 bits per heavy atom. The first kappa shape index (κ1) is 6.84. The van der Waals surface area contributed by atoms with Crippen molar-refractivity contribution in [3.8, 4) is 0 Å². The fraction of sp³-hybridized carbons (Fsp3) is 0.333. The van der Waals surface area contributed by atoms with Crippen molar-refractivity contribution in [2.24, 2.45) is 0 Å². The Labute approximate surface area is 71.7 Å². The van der Waals surface area contributed by atoms with E-state index in [1.165, 1.54) is 0 Å². The van der Waals surface area contributed by atoms with Gasteiger partial charge in [-0.3, -0.25) is 9.48 Å². The van der Waals surface area contributed by atoms with Gasteiger partial charge in [-0.2, -0.15) is 5.10 Å². The summed E-state index contributed by atoms with van der Waals surface area (Å²) < 4.78 is 2.48. The zero-order valence-corrected chi connectivity index (χ0v) is 7.26. The van der Waals surface area contributed by atoms with Crippen LogP contribution in [0.5, 0.6) is 0 Å². The molecule has 1 aliphatic heterocycles. The van der Waals surface area contributed by atoms with Crippen LogP contribution in [0, 0.1) is 0 Å². The molecule has 0 saturated carbocycles. The maximum atomic E-state index is 10.8. The van der Waals surface area contributed by atoms with Gasteiger partial charge in [-0.1, -0.05) is 0 Å². The van der Waals surface area contributed by atoms with Crippen molar-refractivity contribution >= 4 is 21.8 Å². The van der Waals surface area contributed by atoms with Gasteiger partial charge in [0, 0.05) is 0 Å². The van der Waals surface area contributed by atoms with E-state index in [4.69, 9.17) is 0 Å². The number of carbonyl (C=O) groups excluding carboxylic acids is 1. The third kappa shape index (κ3) is 1.16. The third-order valence-electron chi connectivity index (χ3n) is 1.59. The molecule has 1 aromatic rings. The van der Waals surface area contributed by atoms with E-state index in [2.05, 4.69) is 26.3 Å². The summed E-state index contributed by atoms with van der Waals surface area (Å²) in [5.41, 5.74) is 1.04. The lowest BCUT2D eigenvalue weighted by Crippen LogP contribution is -2.34. The Morgan fingerprint density at radius 1 is 1.73 bits per heavy atom. The monoisotopic (exact) mass is 215 g/mol. The number of aromatic nitrogens is 2. The lowest BCUT2D eigenvalue weighted by molar-refractivity contribution is -0.122. The Hall–Kier alpha value is -0.840. The van der Waals surface area contributed by atoms with Crippen molar-refractivity contribution in [3.05, 3.63) is 16.4 Å². The number of hydrogen-bond acceptors (Lipinski definition) is 2. The van der Waals surface area contributed by atoms with Gasteiger partial charge in [0.15, 0.2) is 0 Å². The smallest absolute Gasteiger partial charge is 0.242 e. The minimum absolute atomic E-state index is 0.0214. The fourth-order valence-electron chi connectivity index (χ4n) is 1.08. The molecule has 1 amide bonds. The molecule has 0 atom stereocenters. The molecular formula is C6H6BrN3O. The van der Waals surface area contributed by atoms with E-state index in [1.807, 2.05) is 6.07 Å². The summed E-state index contributed by atoms with van der Waals surface area (Å²) in [5, 5.41) is 6.81. The maximum Gasteiger partial charge on any atom is 0.242 e. The molecule has 2 rings (SSSR count). The molecule has 5 heteroatoms. The number of nitrogens with zero attached hydrogens (tertiary/aromatic N) is 2. The van der Waals surface area contributed by atoms with Gasteiger partial charge < -0.3 is 5.32 Å². The predicted octanol–water partition coefficient (Wildman–Crippen LogP) is 0.275. The normalized spacial score (nSPS) is 15.9. The standard InChI is InChI=1S/C6H6BrN3O/c7-5-1-4-2-8-6(11)3-10(4)9-5/h1H,2-3H2,(H,8,11). The zero-order valence-electron chi connectivity index (χ0n) is 5.67. The molecule has 0 fully saturated rings. The average molecular weight is 216 g/mol. The van der Waals surface area contributed by atoms with Crippen LogP contribution >= 0.6 is 15.9 Å². The quantitative estimate of drug-likeness (QED) is 0.676. The van der Waals surface area contributed by atoms with Crippen LogP contribution in [-0.2, 0) is 17.9 Å². The molecule has 1 aromatic heterocycles. The van der Waals surface area contributed by atoms with E-state index < -0.39 is 0 Å². The minimum Gasteiger partial charge on any atom is -0.349 e. The van der Waals surface area contributed by atoms with Gasteiger partial charge in [0.25, 0.3) is 0 Å². The summed E-state index contributed by atoms with van der Waals surface area (Å²) in [4.78, 5) is 10.8. The number of amides is 1. The molecule has 0 unspecified atom stereocenters. The van der Waals surface area contributed by atoms with Gasteiger partial charge >= 0.3 is 0 Å². The first-order chi connectivity index (χ1) is 5.25. The van der Waals surface area contributed by atoms with Crippen molar-refractivity contribution in [2.75, 3.05) is 0 Å². The SMILES string of the molecule is O=C1Cn2nc(Br)cc2CN1. The summed E-state index contributed by atoms with van der Waals surface area (Å²) in [5.74, 6) is 0.0214. The van der Waals surface area contributed by atoms with E-state index in [0.29, 0.717) is 13.1 Å². The third-order valence-corrected chi connectivity index (χ3v) is 1.98. The predicted molar refractivity (Wildman–Crippen MR) is 41.8 cm³/mol. The molecule has 0 bridgehead atoms. The van der Waals surface area contributed by atoms with Crippen LogP contribution in [0.15, 0.2) is 10.7 Å². The van der Waals surface area contributed by atoms with E-state index in [1.54, 1.807) is 4.68 Å². The Bertz CT molecular complexity index is 307. The van der Waals surface area contributed by atoms with Crippen LogP contribution in [0.25, 0.3) is 0 Å². The molecule has 58 valence electrons. The highest BCUT2D eigenvalue weighted by Gasteiger charge is 2.15. The first-order valence-electron chi connectivity index (χ1n) is 3.24. The highest BCUT2D eigenvalue weighted by atomic mass is 79.9. The van der Waals surface area contributed by atoms with E-state index in [0.717, 1.165) is 10.3 Å². The number of halogens is 1. The minimum atomic E-state index is 0.0214. The molecule has 1 N–H and O–H groups in total. The van der Waals surface area contributed by atoms with Gasteiger partial charge in [0.1, 0.15) is 11.1 Å². The van der Waals surface area contributed by atoms with Crippen LogP contribution in [0.2, 0.25) is 0 Å².